The second-order valence-corrected chi connectivity index (χ2v) is 15.4. The molecule has 12 aromatic rings. The lowest BCUT2D eigenvalue weighted by atomic mass is 9.98. The fourth-order valence-electron chi connectivity index (χ4n) is 8.50. The number of furan rings is 1. The van der Waals surface area contributed by atoms with E-state index in [0.29, 0.717) is 17.5 Å². The normalized spacial score (nSPS) is 11.9. The van der Waals surface area contributed by atoms with Gasteiger partial charge in [0.25, 0.3) is 0 Å². The molecule has 6 heteroatoms. The minimum atomic E-state index is 0.587. The van der Waals surface area contributed by atoms with Crippen LogP contribution in [0.15, 0.2) is 186 Å². The van der Waals surface area contributed by atoms with E-state index in [-0.39, 0.29) is 0 Å². The van der Waals surface area contributed by atoms with E-state index in [1.54, 1.807) is 0 Å². The van der Waals surface area contributed by atoms with Crippen LogP contribution in [0, 0.1) is 0 Å². The molecule has 4 heterocycles. The molecule has 12 rings (SSSR count). The van der Waals surface area contributed by atoms with E-state index in [9.17, 15) is 0 Å². The van der Waals surface area contributed by atoms with Crippen molar-refractivity contribution in [1.82, 2.24) is 19.5 Å². The highest BCUT2D eigenvalue weighted by molar-refractivity contribution is 7.26. The maximum absolute atomic E-state index is 7.27. The van der Waals surface area contributed by atoms with Gasteiger partial charge in [-0.1, -0.05) is 152 Å². The van der Waals surface area contributed by atoms with Gasteiger partial charge in [-0.05, 0) is 35.9 Å². The molecule has 4 aromatic heterocycles. The van der Waals surface area contributed by atoms with Crippen molar-refractivity contribution in [2.45, 2.75) is 0 Å². The summed E-state index contributed by atoms with van der Waals surface area (Å²) in [7, 11) is 0. The van der Waals surface area contributed by atoms with E-state index < -0.39 is 0 Å². The van der Waals surface area contributed by atoms with Crippen LogP contribution in [0.3, 0.4) is 0 Å². The Morgan fingerprint density at radius 2 is 0.982 bits per heavy atom. The van der Waals surface area contributed by atoms with Crippen LogP contribution >= 0.6 is 11.3 Å². The molecule has 8 aromatic carbocycles. The summed E-state index contributed by atoms with van der Waals surface area (Å²) in [5.74, 6) is 1.82. The number of nitrogens with zero attached hydrogens (tertiary/aromatic N) is 4. The molecule has 57 heavy (non-hydrogen) atoms. The van der Waals surface area contributed by atoms with Gasteiger partial charge < -0.3 is 8.98 Å². The molecule has 0 aliphatic rings. The molecule has 0 aliphatic heterocycles. The number of aromatic nitrogens is 4. The fourth-order valence-corrected chi connectivity index (χ4v) is 9.75. The third-order valence-electron chi connectivity index (χ3n) is 11.1. The molecule has 0 spiro atoms. The van der Waals surface area contributed by atoms with Crippen LogP contribution in [0.1, 0.15) is 0 Å². The summed E-state index contributed by atoms with van der Waals surface area (Å²) in [5, 5.41) is 6.92. The Morgan fingerprint density at radius 1 is 0.404 bits per heavy atom. The number of hydrogen-bond acceptors (Lipinski definition) is 5. The van der Waals surface area contributed by atoms with Crippen LogP contribution in [0.25, 0.3) is 115 Å². The van der Waals surface area contributed by atoms with Crippen molar-refractivity contribution in [2.75, 3.05) is 0 Å². The largest absolute Gasteiger partial charge is 0.453 e. The molecule has 0 saturated carbocycles. The van der Waals surface area contributed by atoms with Gasteiger partial charge in [0.2, 0.25) is 0 Å². The summed E-state index contributed by atoms with van der Waals surface area (Å²) in [6, 6.07) is 63.5. The zero-order valence-corrected chi connectivity index (χ0v) is 31.2. The van der Waals surface area contributed by atoms with Gasteiger partial charge in [0, 0.05) is 59.3 Å². The number of para-hydroxylation sites is 2. The molecule has 0 aliphatic carbocycles. The molecular weight excluding hydrogens is 717 g/mol. The lowest BCUT2D eigenvalue weighted by Gasteiger charge is -2.11. The van der Waals surface area contributed by atoms with Gasteiger partial charge in [0.1, 0.15) is 5.58 Å². The van der Waals surface area contributed by atoms with Gasteiger partial charge in [0.15, 0.2) is 23.1 Å². The third-order valence-corrected chi connectivity index (χ3v) is 12.3. The number of fused-ring (bicyclic) bond motifs is 10. The first-order valence-electron chi connectivity index (χ1n) is 19.0. The predicted octanol–water partition coefficient (Wildman–Crippen LogP) is 13.9. The summed E-state index contributed by atoms with van der Waals surface area (Å²) in [5.41, 5.74) is 9.70. The topological polar surface area (TPSA) is 56.7 Å². The molecule has 0 fully saturated rings. The zero-order valence-electron chi connectivity index (χ0n) is 30.4. The SMILES string of the molecule is c1ccc(-c2nc(-c3ccccc3)nc(-c3ccc(-c4ccccc4)c4oc5c(-n6c7ccccc7c7ccc8c9ccccc9sc8c76)cccc5c34)n2)cc1. The van der Waals surface area contributed by atoms with Gasteiger partial charge >= 0.3 is 0 Å². The summed E-state index contributed by atoms with van der Waals surface area (Å²) >= 11 is 1.85. The van der Waals surface area contributed by atoms with Gasteiger partial charge in [-0.2, -0.15) is 0 Å². The second-order valence-electron chi connectivity index (χ2n) is 14.3. The quantitative estimate of drug-likeness (QED) is 0.176. The highest BCUT2D eigenvalue weighted by Gasteiger charge is 2.25. The van der Waals surface area contributed by atoms with Crippen molar-refractivity contribution in [1.29, 1.82) is 0 Å². The lowest BCUT2D eigenvalue weighted by molar-refractivity contribution is 0.667. The van der Waals surface area contributed by atoms with Gasteiger partial charge in [-0.3, -0.25) is 0 Å². The summed E-state index contributed by atoms with van der Waals surface area (Å²) in [6.07, 6.45) is 0. The Balaban J connectivity index is 1.20. The van der Waals surface area contributed by atoms with E-state index in [1.807, 2.05) is 78.1 Å². The fraction of sp³-hybridized carbons (Fsp3) is 0. The Morgan fingerprint density at radius 3 is 1.72 bits per heavy atom. The average Bonchev–Trinajstić information content (AvgIpc) is 3.97. The van der Waals surface area contributed by atoms with E-state index in [0.717, 1.165) is 61.0 Å². The highest BCUT2D eigenvalue weighted by atomic mass is 32.1. The molecule has 266 valence electrons. The van der Waals surface area contributed by atoms with Crippen LogP contribution in [-0.4, -0.2) is 19.5 Å². The molecule has 5 nitrogen and oxygen atoms in total. The number of hydrogen-bond donors (Lipinski definition) is 0. The van der Waals surface area contributed by atoms with E-state index >= 15 is 0 Å². The van der Waals surface area contributed by atoms with Crippen molar-refractivity contribution < 1.29 is 4.42 Å². The minimum absolute atomic E-state index is 0.587. The Kier molecular flexibility index (Phi) is 7.03. The van der Waals surface area contributed by atoms with Crippen LogP contribution in [-0.2, 0) is 0 Å². The molecule has 0 saturated heterocycles. The van der Waals surface area contributed by atoms with E-state index in [1.165, 1.54) is 36.5 Å². The molecule has 0 N–H and O–H groups in total. The third kappa shape index (κ3) is 4.91. The second kappa shape index (κ2) is 12.6. The van der Waals surface area contributed by atoms with Gasteiger partial charge in [0.05, 0.1) is 21.4 Å². The number of rotatable bonds is 5. The first-order chi connectivity index (χ1) is 28.3. The average molecular weight is 747 g/mol. The molecular formula is C51H30N4OS. The van der Waals surface area contributed by atoms with Crippen LogP contribution in [0.2, 0.25) is 0 Å². The first-order valence-corrected chi connectivity index (χ1v) is 19.8. The predicted molar refractivity (Wildman–Crippen MR) is 236 cm³/mol. The monoisotopic (exact) mass is 746 g/mol. The Bertz CT molecular complexity index is 3460. The summed E-state index contributed by atoms with van der Waals surface area (Å²) in [6.45, 7) is 0. The lowest BCUT2D eigenvalue weighted by Crippen LogP contribution is -2.00. The van der Waals surface area contributed by atoms with E-state index in [2.05, 4.69) is 120 Å². The minimum Gasteiger partial charge on any atom is -0.453 e. The van der Waals surface area contributed by atoms with Crippen LogP contribution < -0.4 is 0 Å². The molecule has 0 unspecified atom stereocenters. The van der Waals surface area contributed by atoms with Gasteiger partial charge in [-0.25, -0.2) is 15.0 Å². The molecule has 0 radical (unpaired) electrons. The van der Waals surface area contributed by atoms with Crippen molar-refractivity contribution in [2.24, 2.45) is 0 Å². The maximum atomic E-state index is 7.27. The standard InChI is InChI=1S/C51H30N4OS/c1-4-15-31(16-5-1)34-27-30-40(51-53-49(32-17-6-2-7-18-32)52-50(54-51)33-19-8-3-9-20-33)44-39-23-14-25-42(46(39)56-47(34)44)55-41-24-12-10-21-35(41)37-28-29-38-36-22-11-13-26-43(36)57-48(38)45(37)55/h1-30H. The highest BCUT2D eigenvalue weighted by Crippen LogP contribution is 2.47. The number of thiophene rings is 1. The summed E-state index contributed by atoms with van der Waals surface area (Å²) < 4.78 is 12.2. The number of benzene rings is 8. The van der Waals surface area contributed by atoms with Gasteiger partial charge in [-0.15, -0.1) is 11.3 Å². The summed E-state index contributed by atoms with van der Waals surface area (Å²) in [4.78, 5) is 15.4. The van der Waals surface area contributed by atoms with Crippen LogP contribution in [0.4, 0.5) is 0 Å². The van der Waals surface area contributed by atoms with Crippen molar-refractivity contribution in [3.63, 3.8) is 0 Å². The molecule has 0 amide bonds. The van der Waals surface area contributed by atoms with Crippen molar-refractivity contribution >= 4 is 75.3 Å². The first kappa shape index (κ1) is 31.9. The van der Waals surface area contributed by atoms with Crippen LogP contribution in [0.5, 0.6) is 0 Å². The smallest absolute Gasteiger partial charge is 0.164 e. The zero-order chi connectivity index (χ0) is 37.5. The van der Waals surface area contributed by atoms with Crippen molar-refractivity contribution in [3.8, 4) is 51.0 Å². The molecule has 0 atom stereocenters. The van der Waals surface area contributed by atoms with E-state index in [4.69, 9.17) is 19.4 Å². The maximum Gasteiger partial charge on any atom is 0.164 e. The Labute approximate surface area is 330 Å². The molecule has 0 bridgehead atoms. The Hall–Kier alpha value is -7.41. The van der Waals surface area contributed by atoms with Crippen molar-refractivity contribution in [3.05, 3.63) is 182 Å².